The van der Waals surface area contributed by atoms with Crippen molar-refractivity contribution in [2.75, 3.05) is 19.0 Å². The molecule has 18 heavy (non-hydrogen) atoms. The molecule has 0 bridgehead atoms. The van der Waals surface area contributed by atoms with E-state index in [0.29, 0.717) is 48.0 Å². The number of hydrogen-bond acceptors (Lipinski definition) is 5. The second kappa shape index (κ2) is 4.13. The summed E-state index contributed by atoms with van der Waals surface area (Å²) in [6, 6.07) is 3.02. The summed E-state index contributed by atoms with van der Waals surface area (Å²) in [6.45, 7) is 0.922. The Hall–Kier alpha value is -1.27. The van der Waals surface area contributed by atoms with Crippen LogP contribution in [0.2, 0.25) is 0 Å². The van der Waals surface area contributed by atoms with Crippen LogP contribution < -0.4 is 15.2 Å². The van der Waals surface area contributed by atoms with Crippen molar-refractivity contribution in [1.82, 2.24) is 0 Å². The molecule has 2 N–H and O–H groups in total. The van der Waals surface area contributed by atoms with Crippen molar-refractivity contribution in [2.45, 2.75) is 23.8 Å². The molecular weight excluding hydrogens is 254 g/mol. The molecule has 2 heterocycles. The third kappa shape index (κ3) is 1.85. The first kappa shape index (κ1) is 11.8. The van der Waals surface area contributed by atoms with Gasteiger partial charge in [0.2, 0.25) is 0 Å². The van der Waals surface area contributed by atoms with Crippen molar-refractivity contribution in [3.05, 3.63) is 17.7 Å². The van der Waals surface area contributed by atoms with Crippen molar-refractivity contribution in [2.24, 2.45) is 5.73 Å². The molecule has 0 fully saturated rings. The summed E-state index contributed by atoms with van der Waals surface area (Å²) in [6.07, 6.45) is 1.26. The normalized spacial score (nSPS) is 25.1. The zero-order valence-electron chi connectivity index (χ0n) is 9.89. The van der Waals surface area contributed by atoms with Crippen LogP contribution in [0.4, 0.5) is 0 Å². The standard InChI is InChI=1S/C12H15NO4S/c13-9-2-1-5-18(14,15)12-7-11-10(6-8(9)12)16-3-4-17-11/h6-7,9H,1-5,13H2. The maximum Gasteiger partial charge on any atom is 0.178 e. The van der Waals surface area contributed by atoms with Crippen LogP contribution in [0.15, 0.2) is 17.0 Å². The number of rotatable bonds is 0. The molecule has 1 aromatic rings. The fraction of sp³-hybridized carbons (Fsp3) is 0.500. The Balaban J connectivity index is 2.22. The molecule has 0 radical (unpaired) electrons. The van der Waals surface area contributed by atoms with Gasteiger partial charge in [-0.25, -0.2) is 8.42 Å². The van der Waals surface area contributed by atoms with Gasteiger partial charge in [0.05, 0.1) is 10.6 Å². The molecule has 6 heteroatoms. The summed E-state index contributed by atoms with van der Waals surface area (Å²) in [4.78, 5) is 0.303. The van der Waals surface area contributed by atoms with E-state index in [1.807, 2.05) is 0 Å². The minimum Gasteiger partial charge on any atom is -0.486 e. The van der Waals surface area contributed by atoms with Crippen LogP contribution >= 0.6 is 0 Å². The molecule has 5 nitrogen and oxygen atoms in total. The summed E-state index contributed by atoms with van der Waals surface area (Å²) >= 11 is 0. The zero-order valence-corrected chi connectivity index (χ0v) is 10.7. The molecule has 2 aliphatic heterocycles. The van der Waals surface area contributed by atoms with Gasteiger partial charge in [0, 0.05) is 12.1 Å². The molecule has 0 saturated heterocycles. The van der Waals surface area contributed by atoms with Crippen LogP contribution in [0.1, 0.15) is 24.4 Å². The first-order chi connectivity index (χ1) is 8.58. The third-order valence-electron chi connectivity index (χ3n) is 3.34. The van der Waals surface area contributed by atoms with Crippen molar-refractivity contribution < 1.29 is 17.9 Å². The molecule has 0 saturated carbocycles. The second-order valence-electron chi connectivity index (χ2n) is 4.60. The Morgan fingerprint density at radius 1 is 1.17 bits per heavy atom. The quantitative estimate of drug-likeness (QED) is 0.761. The first-order valence-corrected chi connectivity index (χ1v) is 7.65. The fourth-order valence-electron chi connectivity index (χ4n) is 2.40. The summed E-state index contributed by atoms with van der Waals surface area (Å²) < 4.78 is 35.2. The highest BCUT2D eigenvalue weighted by Crippen LogP contribution is 2.39. The first-order valence-electron chi connectivity index (χ1n) is 6.00. The lowest BCUT2D eigenvalue weighted by Crippen LogP contribution is -2.18. The summed E-state index contributed by atoms with van der Waals surface area (Å²) in [5.74, 6) is 1.23. The highest BCUT2D eigenvalue weighted by molar-refractivity contribution is 7.91. The van der Waals surface area contributed by atoms with Gasteiger partial charge in [-0.05, 0) is 24.5 Å². The lowest BCUT2D eigenvalue weighted by Gasteiger charge is -2.21. The van der Waals surface area contributed by atoms with Crippen molar-refractivity contribution in [3.8, 4) is 11.5 Å². The highest BCUT2D eigenvalue weighted by atomic mass is 32.2. The number of sulfone groups is 1. The van der Waals surface area contributed by atoms with E-state index >= 15 is 0 Å². The Labute approximate surface area is 106 Å². The van der Waals surface area contributed by atoms with Gasteiger partial charge < -0.3 is 15.2 Å². The Morgan fingerprint density at radius 3 is 2.56 bits per heavy atom. The van der Waals surface area contributed by atoms with Crippen LogP contribution in [-0.4, -0.2) is 27.4 Å². The molecule has 0 amide bonds. The fourth-order valence-corrected chi connectivity index (χ4v) is 4.03. The smallest absolute Gasteiger partial charge is 0.178 e. The van der Waals surface area contributed by atoms with Crippen LogP contribution in [0.3, 0.4) is 0 Å². The maximum atomic E-state index is 12.2. The Kier molecular flexibility index (Phi) is 2.71. The lowest BCUT2D eigenvalue weighted by molar-refractivity contribution is 0.170. The molecule has 0 spiro atoms. The summed E-state index contributed by atoms with van der Waals surface area (Å²) in [5.41, 5.74) is 6.69. The monoisotopic (exact) mass is 269 g/mol. The molecular formula is C12H15NO4S. The van der Waals surface area contributed by atoms with E-state index in [9.17, 15) is 8.42 Å². The molecule has 0 aromatic heterocycles. The highest BCUT2D eigenvalue weighted by Gasteiger charge is 2.29. The molecule has 98 valence electrons. The van der Waals surface area contributed by atoms with Gasteiger partial charge in [-0.1, -0.05) is 0 Å². The maximum absolute atomic E-state index is 12.2. The minimum atomic E-state index is -3.26. The predicted molar refractivity (Wildman–Crippen MR) is 65.6 cm³/mol. The van der Waals surface area contributed by atoms with E-state index in [1.54, 1.807) is 12.1 Å². The van der Waals surface area contributed by atoms with Crippen LogP contribution in [0, 0.1) is 0 Å². The zero-order chi connectivity index (χ0) is 12.8. The Morgan fingerprint density at radius 2 is 1.83 bits per heavy atom. The van der Waals surface area contributed by atoms with E-state index in [4.69, 9.17) is 15.2 Å². The SMILES string of the molecule is NC1CCCS(=O)(=O)c2cc3c(cc21)OCCO3. The summed E-state index contributed by atoms with van der Waals surface area (Å²) in [5, 5.41) is 0. The van der Waals surface area contributed by atoms with Gasteiger partial charge >= 0.3 is 0 Å². The molecule has 1 aromatic carbocycles. The van der Waals surface area contributed by atoms with Gasteiger partial charge in [-0.3, -0.25) is 0 Å². The van der Waals surface area contributed by atoms with Crippen molar-refractivity contribution in [3.63, 3.8) is 0 Å². The van der Waals surface area contributed by atoms with Crippen molar-refractivity contribution in [1.29, 1.82) is 0 Å². The van der Waals surface area contributed by atoms with E-state index in [-0.39, 0.29) is 11.8 Å². The van der Waals surface area contributed by atoms with E-state index < -0.39 is 9.84 Å². The largest absolute Gasteiger partial charge is 0.486 e. The topological polar surface area (TPSA) is 78.6 Å². The molecule has 0 aliphatic carbocycles. The second-order valence-corrected chi connectivity index (χ2v) is 6.68. The van der Waals surface area contributed by atoms with Gasteiger partial charge in [0.15, 0.2) is 21.3 Å². The minimum absolute atomic E-state index is 0.146. The van der Waals surface area contributed by atoms with E-state index in [2.05, 4.69) is 0 Å². The number of nitrogens with two attached hydrogens (primary N) is 1. The average Bonchev–Trinajstić information content (AvgIpc) is 2.46. The average molecular weight is 269 g/mol. The third-order valence-corrected chi connectivity index (χ3v) is 5.19. The van der Waals surface area contributed by atoms with Gasteiger partial charge in [0.25, 0.3) is 0 Å². The van der Waals surface area contributed by atoms with Gasteiger partial charge in [-0.2, -0.15) is 0 Å². The molecule has 1 atom stereocenters. The molecule has 2 aliphatic rings. The van der Waals surface area contributed by atoms with E-state index in [1.165, 1.54) is 0 Å². The van der Waals surface area contributed by atoms with Gasteiger partial charge in [0.1, 0.15) is 13.2 Å². The van der Waals surface area contributed by atoms with Crippen LogP contribution in [0.5, 0.6) is 11.5 Å². The van der Waals surface area contributed by atoms with E-state index in [0.717, 1.165) is 0 Å². The molecule has 1 unspecified atom stereocenters. The van der Waals surface area contributed by atoms with Crippen LogP contribution in [0.25, 0.3) is 0 Å². The lowest BCUT2D eigenvalue weighted by atomic mass is 10.0. The molecule has 3 rings (SSSR count). The number of benzene rings is 1. The number of ether oxygens (including phenoxy) is 2. The van der Waals surface area contributed by atoms with Crippen molar-refractivity contribution >= 4 is 9.84 Å². The Bertz CT molecular complexity index is 582. The van der Waals surface area contributed by atoms with Crippen LogP contribution in [-0.2, 0) is 9.84 Å². The summed E-state index contributed by atoms with van der Waals surface area (Å²) in [7, 11) is -3.26. The number of hydrogen-bond donors (Lipinski definition) is 1. The predicted octanol–water partition coefficient (Wildman–Crippen LogP) is 1.03. The number of fused-ring (bicyclic) bond motifs is 2. The van der Waals surface area contributed by atoms with Gasteiger partial charge in [-0.15, -0.1) is 0 Å².